The number of nitrogens with zero attached hydrogens (tertiary/aromatic N) is 2. The fraction of sp³-hybridized carbons (Fsp3) is 0.0769. The Morgan fingerprint density at radius 2 is 2.10 bits per heavy atom. The van der Waals surface area contributed by atoms with Gasteiger partial charge in [-0.05, 0) is 18.2 Å². The minimum Gasteiger partial charge on any atom is -0.503 e. The van der Waals surface area contributed by atoms with Gasteiger partial charge in [-0.25, -0.2) is 0 Å². The molecule has 0 amide bonds. The summed E-state index contributed by atoms with van der Waals surface area (Å²) in [6, 6.07) is 4.81. The van der Waals surface area contributed by atoms with Crippen LogP contribution in [0.1, 0.15) is 0 Å². The van der Waals surface area contributed by atoms with Crippen molar-refractivity contribution in [1.29, 1.82) is 0 Å². The van der Waals surface area contributed by atoms with E-state index >= 15 is 0 Å². The van der Waals surface area contributed by atoms with Gasteiger partial charge < -0.3 is 10.1 Å². The van der Waals surface area contributed by atoms with Gasteiger partial charge in [0.15, 0.2) is 5.75 Å². The van der Waals surface area contributed by atoms with Crippen LogP contribution >= 0.6 is 23.2 Å². The Hall–Kier alpha value is -1.98. The van der Waals surface area contributed by atoms with Gasteiger partial charge >= 0.3 is 0 Å². The lowest BCUT2D eigenvalue weighted by Crippen LogP contribution is -2.05. The van der Waals surface area contributed by atoms with E-state index in [0.29, 0.717) is 26.6 Å². The van der Waals surface area contributed by atoms with Crippen molar-refractivity contribution in [3.63, 3.8) is 0 Å². The van der Waals surface area contributed by atoms with Crippen LogP contribution < -0.4 is 5.43 Å². The second kappa shape index (κ2) is 4.54. The quantitative estimate of drug-likeness (QED) is 0.726. The molecule has 0 aliphatic rings. The summed E-state index contributed by atoms with van der Waals surface area (Å²) >= 11 is 12.0. The summed E-state index contributed by atoms with van der Waals surface area (Å²) in [6.45, 7) is 0. The number of hydrogen-bond acceptors (Lipinski definition) is 3. The predicted octanol–water partition coefficient (Wildman–Crippen LogP) is 2.94. The number of aromatic amines is 1. The summed E-state index contributed by atoms with van der Waals surface area (Å²) < 4.78 is 1.52. The van der Waals surface area contributed by atoms with Crippen LogP contribution in [0.15, 0.2) is 29.2 Å². The van der Waals surface area contributed by atoms with Crippen molar-refractivity contribution in [2.24, 2.45) is 7.05 Å². The van der Waals surface area contributed by atoms with Crippen molar-refractivity contribution in [1.82, 2.24) is 14.8 Å². The monoisotopic (exact) mass is 309 g/mol. The topological polar surface area (TPSA) is 70.9 Å². The molecule has 20 heavy (non-hydrogen) atoms. The zero-order chi connectivity index (χ0) is 14.4. The summed E-state index contributed by atoms with van der Waals surface area (Å²) in [6.07, 6.45) is 1.40. The van der Waals surface area contributed by atoms with Crippen molar-refractivity contribution in [3.8, 4) is 17.0 Å². The number of pyridine rings is 1. The number of aryl methyl sites for hydroxylation is 1. The van der Waals surface area contributed by atoms with Gasteiger partial charge in [-0.15, -0.1) is 0 Å². The van der Waals surface area contributed by atoms with E-state index in [4.69, 9.17) is 23.2 Å². The van der Waals surface area contributed by atoms with Gasteiger partial charge in [-0.1, -0.05) is 23.2 Å². The molecule has 2 aromatic heterocycles. The van der Waals surface area contributed by atoms with Crippen molar-refractivity contribution in [2.75, 3.05) is 0 Å². The molecule has 0 atom stereocenters. The molecule has 0 saturated carbocycles. The molecule has 3 rings (SSSR count). The lowest BCUT2D eigenvalue weighted by molar-refractivity contribution is 0.471. The molecule has 2 N–H and O–H groups in total. The highest BCUT2D eigenvalue weighted by molar-refractivity contribution is 6.36. The van der Waals surface area contributed by atoms with Crippen LogP contribution in [0.3, 0.4) is 0 Å². The molecule has 0 aliphatic heterocycles. The Bertz CT molecular complexity index is 883. The number of aromatic hydroxyl groups is 1. The maximum Gasteiger partial charge on any atom is 0.234 e. The van der Waals surface area contributed by atoms with Gasteiger partial charge in [-0.2, -0.15) is 5.10 Å². The summed E-state index contributed by atoms with van der Waals surface area (Å²) in [7, 11) is 1.70. The van der Waals surface area contributed by atoms with Crippen molar-refractivity contribution in [3.05, 3.63) is 44.7 Å². The molecular formula is C13H9Cl2N3O2. The van der Waals surface area contributed by atoms with Crippen LogP contribution in [-0.2, 0) is 7.05 Å². The number of rotatable bonds is 1. The third kappa shape index (κ3) is 1.87. The number of nitrogens with one attached hydrogen (secondary N) is 1. The van der Waals surface area contributed by atoms with Gasteiger partial charge in [0, 0.05) is 17.6 Å². The molecule has 0 radical (unpaired) electrons. The number of aromatic nitrogens is 3. The van der Waals surface area contributed by atoms with E-state index in [1.807, 2.05) is 0 Å². The Morgan fingerprint density at radius 3 is 2.80 bits per heavy atom. The molecule has 0 spiro atoms. The molecular weight excluding hydrogens is 301 g/mol. The van der Waals surface area contributed by atoms with E-state index in [0.717, 1.165) is 0 Å². The lowest BCUT2D eigenvalue weighted by Gasteiger charge is -2.08. The predicted molar refractivity (Wildman–Crippen MR) is 78.5 cm³/mol. The van der Waals surface area contributed by atoms with Crippen LogP contribution in [0, 0.1) is 0 Å². The highest BCUT2D eigenvalue weighted by Crippen LogP contribution is 2.33. The van der Waals surface area contributed by atoms with Crippen LogP contribution in [-0.4, -0.2) is 19.9 Å². The fourth-order valence-corrected chi connectivity index (χ4v) is 2.56. The molecule has 1 aromatic carbocycles. The number of H-pyrrole nitrogens is 1. The highest BCUT2D eigenvalue weighted by Gasteiger charge is 2.17. The summed E-state index contributed by atoms with van der Waals surface area (Å²) in [5, 5.41) is 15.2. The van der Waals surface area contributed by atoms with E-state index < -0.39 is 11.2 Å². The zero-order valence-corrected chi connectivity index (χ0v) is 11.8. The zero-order valence-electron chi connectivity index (χ0n) is 10.3. The molecule has 7 heteroatoms. The molecule has 0 bridgehead atoms. The van der Waals surface area contributed by atoms with Gasteiger partial charge in [0.1, 0.15) is 5.65 Å². The Kier molecular flexibility index (Phi) is 2.96. The first-order valence-electron chi connectivity index (χ1n) is 5.71. The fourth-order valence-electron chi connectivity index (χ4n) is 2.06. The maximum absolute atomic E-state index is 12.1. The van der Waals surface area contributed by atoms with Gasteiger partial charge in [-0.3, -0.25) is 9.48 Å². The standard InChI is InChI=1S/C13H9Cl2N3O2/c1-18-13-8(5-16-18)11(19)12(20)10(17-13)7-3-2-6(14)4-9(7)15/h2-5,20H,1H3,(H,17,19). The van der Waals surface area contributed by atoms with Gasteiger partial charge in [0.05, 0.1) is 22.3 Å². The second-order valence-electron chi connectivity index (χ2n) is 4.33. The van der Waals surface area contributed by atoms with Gasteiger partial charge in [0.25, 0.3) is 0 Å². The molecule has 5 nitrogen and oxygen atoms in total. The molecule has 0 aliphatic carbocycles. The number of benzene rings is 1. The maximum atomic E-state index is 12.1. The van der Waals surface area contributed by atoms with E-state index in [1.165, 1.54) is 10.9 Å². The molecule has 0 unspecified atom stereocenters. The summed E-state index contributed by atoms with van der Waals surface area (Å²) in [5.74, 6) is -0.394. The molecule has 3 aromatic rings. The third-order valence-electron chi connectivity index (χ3n) is 3.08. The molecule has 102 valence electrons. The third-order valence-corrected chi connectivity index (χ3v) is 3.63. The highest BCUT2D eigenvalue weighted by atomic mass is 35.5. The van der Waals surface area contributed by atoms with E-state index in [9.17, 15) is 9.90 Å². The van der Waals surface area contributed by atoms with Crippen LogP contribution in [0.4, 0.5) is 0 Å². The first-order valence-corrected chi connectivity index (χ1v) is 6.47. The Balaban J connectivity index is 2.39. The molecule has 2 heterocycles. The Morgan fingerprint density at radius 1 is 1.35 bits per heavy atom. The van der Waals surface area contributed by atoms with Crippen molar-refractivity contribution < 1.29 is 5.11 Å². The lowest BCUT2D eigenvalue weighted by atomic mass is 10.1. The average Bonchev–Trinajstić information content (AvgIpc) is 2.76. The molecule has 0 fully saturated rings. The average molecular weight is 310 g/mol. The number of hydrogen-bond donors (Lipinski definition) is 2. The van der Waals surface area contributed by atoms with Crippen LogP contribution in [0.25, 0.3) is 22.3 Å². The summed E-state index contributed by atoms with van der Waals surface area (Å²) in [5.41, 5.74) is 0.753. The summed E-state index contributed by atoms with van der Waals surface area (Å²) in [4.78, 5) is 15.1. The van der Waals surface area contributed by atoms with Crippen LogP contribution in [0.2, 0.25) is 10.0 Å². The van der Waals surface area contributed by atoms with E-state index in [-0.39, 0.29) is 5.69 Å². The minimum absolute atomic E-state index is 0.243. The van der Waals surface area contributed by atoms with Crippen molar-refractivity contribution >= 4 is 34.2 Å². The first-order chi connectivity index (χ1) is 9.49. The first kappa shape index (κ1) is 13.0. The minimum atomic E-state index is -0.493. The van der Waals surface area contributed by atoms with Crippen LogP contribution in [0.5, 0.6) is 5.75 Å². The smallest absolute Gasteiger partial charge is 0.234 e. The van der Waals surface area contributed by atoms with E-state index in [2.05, 4.69) is 10.1 Å². The normalized spacial score (nSPS) is 11.2. The number of fused-ring (bicyclic) bond motifs is 1. The largest absolute Gasteiger partial charge is 0.503 e. The Labute approximate surface area is 123 Å². The van der Waals surface area contributed by atoms with E-state index in [1.54, 1.807) is 25.2 Å². The van der Waals surface area contributed by atoms with Crippen molar-refractivity contribution in [2.45, 2.75) is 0 Å². The molecule has 0 saturated heterocycles. The number of halogens is 2. The SMILES string of the molecule is Cn1ncc2c(=O)c(O)c(-c3ccc(Cl)cc3Cl)[nH]c21. The second-order valence-corrected chi connectivity index (χ2v) is 5.18. The van der Waals surface area contributed by atoms with Gasteiger partial charge in [0.2, 0.25) is 5.43 Å².